The number of hydrogen-bond donors (Lipinski definition) is 2. The van der Waals surface area contributed by atoms with Crippen LogP contribution in [0, 0.1) is 100 Å². The van der Waals surface area contributed by atoms with Gasteiger partial charge < -0.3 is 20.3 Å². The Kier molecular flexibility index (Phi) is 13.5. The van der Waals surface area contributed by atoms with Gasteiger partial charge in [-0.05, 0) is 219 Å². The molecule has 8 heteroatoms. The van der Waals surface area contributed by atoms with Gasteiger partial charge in [0.2, 0.25) is 0 Å². The third kappa shape index (κ3) is 7.33. The van der Waals surface area contributed by atoms with Crippen molar-refractivity contribution < 1.29 is 33.8 Å². The van der Waals surface area contributed by atoms with E-state index in [1.807, 2.05) is 0 Å². The predicted octanol–water partition coefficient (Wildman–Crippen LogP) is 13.8. The SMILES string of the molecule is C=C1CC[C@]2(C)[C@H]3C(=O)C=C4C5C[C@@](C)(C(=O)OC)CC[C@]5(C)CC[C@@]4(C)[C@]3(C)CC[C@H]2C1(C)C.CO.COC(=O)[C@@]1(C)CC[C@]2(C)CC[C@]3(C)C(=CC(=O)[C@@H]4[C@@]5(C)CCC(N)C(C)(C)[C@@H]5CC[C@]43C)C2C1. The van der Waals surface area contributed by atoms with Crippen LogP contribution in [0.15, 0.2) is 35.5 Å². The minimum absolute atomic E-state index is 0.00327. The Bertz CT molecular complexity index is 2330. The zero-order valence-electron chi connectivity index (χ0n) is 48.6. The number of ketones is 2. The molecule has 404 valence electrons. The number of methoxy groups -OCH3 is 2. The van der Waals surface area contributed by atoms with Gasteiger partial charge in [0.25, 0.3) is 0 Å². The fourth-order valence-corrected chi connectivity index (χ4v) is 21.1. The molecular formula is C64H101NO7. The Morgan fingerprint density at radius 1 is 0.556 bits per heavy atom. The minimum atomic E-state index is -0.466. The van der Waals surface area contributed by atoms with Crippen LogP contribution in [-0.2, 0) is 28.7 Å². The highest BCUT2D eigenvalue weighted by Crippen LogP contribution is 2.77. The Balaban J connectivity index is 0.000000186. The first kappa shape index (κ1) is 55.6. The van der Waals surface area contributed by atoms with Gasteiger partial charge in [-0.25, -0.2) is 0 Å². The maximum Gasteiger partial charge on any atom is 0.311 e. The number of fused-ring (bicyclic) bond motifs is 14. The van der Waals surface area contributed by atoms with Crippen LogP contribution in [0.2, 0.25) is 0 Å². The molecule has 8 nitrogen and oxygen atoms in total. The van der Waals surface area contributed by atoms with E-state index >= 15 is 0 Å². The van der Waals surface area contributed by atoms with Gasteiger partial charge >= 0.3 is 11.9 Å². The largest absolute Gasteiger partial charge is 0.469 e. The van der Waals surface area contributed by atoms with Crippen molar-refractivity contribution in [2.24, 2.45) is 106 Å². The van der Waals surface area contributed by atoms with E-state index in [1.165, 1.54) is 50.2 Å². The summed E-state index contributed by atoms with van der Waals surface area (Å²) in [6.45, 7) is 37.7. The third-order valence-electron chi connectivity index (χ3n) is 26.6. The standard InChI is InChI=1S/C32H48O3.C31H49NO3.CH4O/c1-20-10-12-30(6)24(27(20,2)3)11-13-32(8)25(30)23(33)18-21-22-19-29(5,26(34)35-9)15-14-28(22,4)16-17-31(21,32)7;1-26(2)22-9-12-31(7)24(29(22,5)11-10-23(26)32)21(33)17-19-20-18-28(4,25(34)35-8)14-13-27(20,3)15-16-30(19,31)6;1-2/h18,22,24-25H,1,10-17,19H2,2-9H3;17,20,22-24H,9-16,18,32H2,1-8H3;2H,1H3/t22?,24-,25+,28+,29-,30-,31+,32+;20?,22-,23?,24+,27+,28-,29-,30+,31+;/m00./s1. The first-order chi connectivity index (χ1) is 33.2. The van der Waals surface area contributed by atoms with E-state index in [4.69, 9.17) is 20.3 Å². The minimum Gasteiger partial charge on any atom is -0.469 e. The highest BCUT2D eigenvalue weighted by molar-refractivity contribution is 5.96. The molecule has 0 heterocycles. The second-order valence-corrected chi connectivity index (χ2v) is 30.3. The molecule has 0 aromatic heterocycles. The van der Waals surface area contributed by atoms with Gasteiger partial charge in [0.05, 0.1) is 25.0 Å². The molecule has 0 bridgehead atoms. The van der Waals surface area contributed by atoms with Gasteiger partial charge in [-0.15, -0.1) is 0 Å². The smallest absolute Gasteiger partial charge is 0.311 e. The molecule has 72 heavy (non-hydrogen) atoms. The highest BCUT2D eigenvalue weighted by Gasteiger charge is 2.72. The molecule has 0 spiro atoms. The number of allylic oxidation sites excluding steroid dienone is 5. The molecule has 0 saturated heterocycles. The summed E-state index contributed by atoms with van der Waals surface area (Å²) in [7, 11) is 4.03. The summed E-state index contributed by atoms with van der Waals surface area (Å²) in [6, 6.07) is 0.207. The number of carbonyl (C=O) groups excluding carboxylic acids is 4. The Morgan fingerprint density at radius 2 is 0.944 bits per heavy atom. The molecule has 0 radical (unpaired) electrons. The summed E-state index contributed by atoms with van der Waals surface area (Å²) >= 11 is 0. The second kappa shape index (κ2) is 17.5. The van der Waals surface area contributed by atoms with Gasteiger partial charge in [0.15, 0.2) is 11.6 Å². The number of aliphatic hydroxyl groups excluding tert-OH is 1. The van der Waals surface area contributed by atoms with E-state index in [1.54, 1.807) is 0 Å². The van der Waals surface area contributed by atoms with E-state index in [-0.39, 0.29) is 95.8 Å². The fourth-order valence-electron chi connectivity index (χ4n) is 21.1. The molecule has 10 aliphatic carbocycles. The van der Waals surface area contributed by atoms with Crippen LogP contribution in [0.25, 0.3) is 0 Å². The zero-order chi connectivity index (χ0) is 53.6. The van der Waals surface area contributed by atoms with Crippen LogP contribution in [-0.4, -0.2) is 56.0 Å². The third-order valence-corrected chi connectivity index (χ3v) is 26.6. The van der Waals surface area contributed by atoms with Crippen LogP contribution in [0.1, 0.15) is 213 Å². The molecular weight excluding hydrogens is 895 g/mol. The molecule has 0 aromatic carbocycles. The molecule has 8 fully saturated rings. The van der Waals surface area contributed by atoms with Gasteiger partial charge in [-0.3, -0.25) is 19.2 Å². The summed E-state index contributed by atoms with van der Waals surface area (Å²) in [5.41, 5.74) is 10.2. The maximum atomic E-state index is 14.3. The topological polar surface area (TPSA) is 133 Å². The number of rotatable bonds is 2. The van der Waals surface area contributed by atoms with Crippen molar-refractivity contribution in [1.82, 2.24) is 0 Å². The van der Waals surface area contributed by atoms with Crippen molar-refractivity contribution in [2.45, 2.75) is 219 Å². The van der Waals surface area contributed by atoms with Crippen molar-refractivity contribution >= 4 is 23.5 Å². The van der Waals surface area contributed by atoms with E-state index in [0.717, 1.165) is 103 Å². The van der Waals surface area contributed by atoms with Crippen LogP contribution in [0.5, 0.6) is 0 Å². The number of hydrogen-bond acceptors (Lipinski definition) is 8. The lowest BCUT2D eigenvalue weighted by Gasteiger charge is -2.70. The summed E-state index contributed by atoms with van der Waals surface area (Å²) < 4.78 is 10.5. The first-order valence-electron chi connectivity index (χ1n) is 28.8. The Morgan fingerprint density at radius 3 is 1.36 bits per heavy atom. The van der Waals surface area contributed by atoms with Crippen LogP contribution < -0.4 is 5.73 Å². The lowest BCUT2D eigenvalue weighted by Crippen LogP contribution is -2.67. The van der Waals surface area contributed by atoms with Gasteiger partial charge in [-0.2, -0.15) is 0 Å². The van der Waals surface area contributed by atoms with Crippen LogP contribution >= 0.6 is 0 Å². The Hall–Kier alpha value is -2.58. The second-order valence-electron chi connectivity index (χ2n) is 30.3. The lowest BCUT2D eigenvalue weighted by molar-refractivity contribution is -0.188. The van der Waals surface area contributed by atoms with Crippen molar-refractivity contribution in [1.29, 1.82) is 0 Å². The molecule has 0 aromatic rings. The fraction of sp³-hybridized carbons (Fsp3) is 0.844. The maximum absolute atomic E-state index is 14.3. The first-order valence-corrected chi connectivity index (χ1v) is 28.8. The number of esters is 2. The van der Waals surface area contributed by atoms with Gasteiger partial charge in [-0.1, -0.05) is 106 Å². The van der Waals surface area contributed by atoms with Crippen LogP contribution in [0.4, 0.5) is 0 Å². The Labute approximate surface area is 437 Å². The number of carbonyl (C=O) groups is 4. The number of nitrogens with two attached hydrogens (primary N) is 1. The van der Waals surface area contributed by atoms with Crippen molar-refractivity contribution in [3.8, 4) is 0 Å². The predicted molar refractivity (Wildman–Crippen MR) is 288 cm³/mol. The summed E-state index contributed by atoms with van der Waals surface area (Å²) in [5, 5.41) is 7.00. The normalized spacial score (nSPS) is 50.4. The molecule has 10 aliphatic rings. The average molecular weight is 997 g/mol. The molecule has 3 N–H and O–H groups in total. The van der Waals surface area contributed by atoms with E-state index in [2.05, 4.69) is 116 Å². The monoisotopic (exact) mass is 996 g/mol. The van der Waals surface area contributed by atoms with E-state index < -0.39 is 10.8 Å². The molecule has 0 aliphatic heterocycles. The lowest BCUT2D eigenvalue weighted by atomic mass is 9.33. The quantitative estimate of drug-likeness (QED) is 0.206. The molecule has 10 rings (SSSR count). The zero-order valence-corrected chi connectivity index (χ0v) is 48.6. The van der Waals surface area contributed by atoms with E-state index in [9.17, 15) is 19.2 Å². The van der Waals surface area contributed by atoms with Gasteiger partial charge in [0, 0.05) is 25.0 Å². The van der Waals surface area contributed by atoms with Crippen molar-refractivity contribution in [3.63, 3.8) is 0 Å². The number of aliphatic hydroxyl groups is 1. The molecule has 0 amide bonds. The highest BCUT2D eigenvalue weighted by atomic mass is 16.5. The summed E-state index contributed by atoms with van der Waals surface area (Å²) in [4.78, 5) is 54.3. The average Bonchev–Trinajstić information content (AvgIpc) is 3.32. The van der Waals surface area contributed by atoms with Crippen molar-refractivity contribution in [2.75, 3.05) is 21.3 Å². The van der Waals surface area contributed by atoms with E-state index in [0.29, 0.717) is 23.4 Å². The van der Waals surface area contributed by atoms with Crippen molar-refractivity contribution in [3.05, 3.63) is 35.5 Å². The molecule has 8 saturated carbocycles. The summed E-state index contributed by atoms with van der Waals surface area (Å²) in [5.74, 6) is 2.18. The molecule has 3 unspecified atom stereocenters. The molecule has 17 atom stereocenters. The van der Waals surface area contributed by atoms with Gasteiger partial charge in [0.1, 0.15) is 0 Å². The number of ether oxygens (including phenoxy) is 2. The summed E-state index contributed by atoms with van der Waals surface area (Å²) in [6.07, 6.45) is 23.0. The van der Waals surface area contributed by atoms with Crippen LogP contribution in [0.3, 0.4) is 0 Å².